The monoisotopic (exact) mass is 534 g/mol. The number of hydrogen-bond acceptors (Lipinski definition) is 2. The summed E-state index contributed by atoms with van der Waals surface area (Å²) in [5.41, 5.74) is 2.34. The predicted octanol–water partition coefficient (Wildman–Crippen LogP) is 2.01. The molecule has 1 aliphatic rings. The molecule has 1 N–H and O–H groups in total. The fraction of sp³-hybridized carbons (Fsp3) is 0.381. The summed E-state index contributed by atoms with van der Waals surface area (Å²) in [6, 6.07) is 13.4. The Morgan fingerprint density at radius 3 is 2.39 bits per heavy atom. The molecule has 0 radical (unpaired) electrons. The average molecular weight is 535 g/mol. The van der Waals surface area contributed by atoms with Crippen molar-refractivity contribution in [2.24, 2.45) is 0 Å². The van der Waals surface area contributed by atoms with E-state index in [-0.39, 0.29) is 29.9 Å². The van der Waals surface area contributed by atoms with Gasteiger partial charge in [-0.05, 0) is 30.3 Å². The summed E-state index contributed by atoms with van der Waals surface area (Å²) in [6.45, 7) is 2.64. The fourth-order valence-electron chi connectivity index (χ4n) is 3.55. The standard InChI is InChI=1S/C21H24Cl2N2O2.HI/c1-25(2,18-9-11-27-12-10-18)14-15-3-6-17(7-4-15)24-21(26)19-13-16(22)5-8-20(19)23;/h3-8,13,18H,9-12,14H2,1-2H3;1H. The molecule has 1 heterocycles. The summed E-state index contributed by atoms with van der Waals surface area (Å²) < 4.78 is 6.42. The second kappa shape index (κ2) is 10.3. The van der Waals surface area contributed by atoms with Crippen LogP contribution in [0.5, 0.6) is 0 Å². The molecule has 152 valence electrons. The summed E-state index contributed by atoms with van der Waals surface area (Å²) in [5.74, 6) is -0.270. The van der Waals surface area contributed by atoms with Crippen molar-refractivity contribution in [3.05, 3.63) is 63.6 Å². The Kier molecular flexibility index (Phi) is 8.58. The van der Waals surface area contributed by atoms with Crippen molar-refractivity contribution in [1.29, 1.82) is 0 Å². The maximum Gasteiger partial charge on any atom is 0.257 e. The van der Waals surface area contributed by atoms with Gasteiger partial charge in [0.1, 0.15) is 6.54 Å². The predicted molar refractivity (Wildman–Crippen MR) is 111 cm³/mol. The van der Waals surface area contributed by atoms with Crippen LogP contribution in [-0.2, 0) is 11.3 Å². The lowest BCUT2D eigenvalue weighted by atomic mass is 10.0. The van der Waals surface area contributed by atoms with E-state index in [1.54, 1.807) is 18.2 Å². The molecular weight excluding hydrogens is 510 g/mol. The highest BCUT2D eigenvalue weighted by Gasteiger charge is 2.30. The lowest BCUT2D eigenvalue weighted by molar-refractivity contribution is -0.929. The van der Waals surface area contributed by atoms with E-state index >= 15 is 0 Å². The van der Waals surface area contributed by atoms with Crippen LogP contribution in [0.25, 0.3) is 0 Å². The van der Waals surface area contributed by atoms with Gasteiger partial charge in [-0.3, -0.25) is 4.79 Å². The minimum atomic E-state index is -0.270. The molecule has 3 rings (SSSR count). The van der Waals surface area contributed by atoms with Gasteiger partial charge in [-0.2, -0.15) is 0 Å². The number of nitrogens with zero attached hydrogens (tertiary/aromatic N) is 1. The minimum Gasteiger partial charge on any atom is -1.00 e. The first-order valence-corrected chi connectivity index (χ1v) is 9.86. The molecule has 4 nitrogen and oxygen atoms in total. The van der Waals surface area contributed by atoms with Crippen LogP contribution in [0.4, 0.5) is 5.69 Å². The second-order valence-electron chi connectivity index (χ2n) is 7.56. The van der Waals surface area contributed by atoms with Gasteiger partial charge < -0.3 is 38.5 Å². The van der Waals surface area contributed by atoms with Gasteiger partial charge in [0, 0.05) is 29.1 Å². The highest BCUT2D eigenvalue weighted by atomic mass is 127. The van der Waals surface area contributed by atoms with E-state index in [2.05, 4.69) is 31.5 Å². The van der Waals surface area contributed by atoms with Crippen LogP contribution >= 0.6 is 23.2 Å². The molecule has 1 saturated heterocycles. The minimum absolute atomic E-state index is 0. The molecule has 0 spiro atoms. The zero-order valence-corrected chi connectivity index (χ0v) is 19.7. The van der Waals surface area contributed by atoms with E-state index < -0.39 is 0 Å². The van der Waals surface area contributed by atoms with Crippen molar-refractivity contribution < 1.29 is 38.0 Å². The number of amides is 1. The second-order valence-corrected chi connectivity index (χ2v) is 8.40. The smallest absolute Gasteiger partial charge is 0.257 e. The number of carbonyl (C=O) groups excluding carboxylic acids is 1. The third-order valence-corrected chi connectivity index (χ3v) is 5.72. The van der Waals surface area contributed by atoms with Gasteiger partial charge in [0.05, 0.1) is 43.9 Å². The topological polar surface area (TPSA) is 38.3 Å². The van der Waals surface area contributed by atoms with E-state index in [9.17, 15) is 4.79 Å². The van der Waals surface area contributed by atoms with Gasteiger partial charge in [-0.1, -0.05) is 35.3 Å². The maximum atomic E-state index is 12.4. The summed E-state index contributed by atoms with van der Waals surface area (Å²) >= 11 is 12.1. The molecule has 1 aliphatic heterocycles. The third kappa shape index (κ3) is 6.07. The Balaban J connectivity index is 0.00000280. The molecule has 1 fully saturated rings. The fourth-order valence-corrected chi connectivity index (χ4v) is 3.92. The number of halogens is 3. The van der Waals surface area contributed by atoms with Crippen molar-refractivity contribution in [2.45, 2.75) is 25.4 Å². The van der Waals surface area contributed by atoms with Crippen molar-refractivity contribution >= 4 is 34.8 Å². The van der Waals surface area contributed by atoms with Gasteiger partial charge in [0.2, 0.25) is 0 Å². The Hall–Kier alpha value is -0.860. The Bertz CT molecular complexity index is 807. The summed E-state index contributed by atoms with van der Waals surface area (Å²) in [7, 11) is 4.54. The molecule has 0 unspecified atom stereocenters. The number of quaternary nitrogens is 1. The van der Waals surface area contributed by atoms with E-state index in [1.807, 2.05) is 12.1 Å². The average Bonchev–Trinajstić information content (AvgIpc) is 2.66. The highest BCUT2D eigenvalue weighted by molar-refractivity contribution is 6.36. The zero-order valence-electron chi connectivity index (χ0n) is 16.1. The normalized spacial score (nSPS) is 15.0. The van der Waals surface area contributed by atoms with Crippen molar-refractivity contribution in [3.8, 4) is 0 Å². The van der Waals surface area contributed by atoms with Crippen LogP contribution in [0.15, 0.2) is 42.5 Å². The van der Waals surface area contributed by atoms with Crippen LogP contribution in [0.2, 0.25) is 10.0 Å². The molecule has 0 aliphatic carbocycles. The Morgan fingerprint density at radius 2 is 1.75 bits per heavy atom. The molecule has 0 aromatic heterocycles. The molecule has 28 heavy (non-hydrogen) atoms. The van der Waals surface area contributed by atoms with Crippen molar-refractivity contribution in [1.82, 2.24) is 0 Å². The molecule has 0 bridgehead atoms. The van der Waals surface area contributed by atoms with E-state index in [0.717, 1.165) is 42.8 Å². The van der Waals surface area contributed by atoms with E-state index in [4.69, 9.17) is 27.9 Å². The number of carbonyl (C=O) groups is 1. The van der Waals surface area contributed by atoms with Gasteiger partial charge in [0.15, 0.2) is 0 Å². The third-order valence-electron chi connectivity index (χ3n) is 5.15. The van der Waals surface area contributed by atoms with E-state index in [0.29, 0.717) is 21.7 Å². The summed E-state index contributed by atoms with van der Waals surface area (Å²) in [6.07, 6.45) is 2.20. The van der Waals surface area contributed by atoms with Gasteiger partial charge in [0.25, 0.3) is 5.91 Å². The van der Waals surface area contributed by atoms with E-state index in [1.165, 1.54) is 5.56 Å². The first-order valence-electron chi connectivity index (χ1n) is 9.11. The lowest BCUT2D eigenvalue weighted by Gasteiger charge is -2.40. The van der Waals surface area contributed by atoms with Crippen LogP contribution in [0.3, 0.4) is 0 Å². The molecule has 2 aromatic rings. The number of rotatable bonds is 5. The number of anilines is 1. The quantitative estimate of drug-likeness (QED) is 0.471. The summed E-state index contributed by atoms with van der Waals surface area (Å²) in [5, 5.41) is 3.73. The molecule has 0 saturated carbocycles. The molecule has 0 atom stereocenters. The largest absolute Gasteiger partial charge is 1.00 e. The number of ether oxygens (including phenoxy) is 1. The van der Waals surface area contributed by atoms with Crippen molar-refractivity contribution in [2.75, 3.05) is 32.6 Å². The molecule has 2 aromatic carbocycles. The molecule has 7 heteroatoms. The number of nitrogens with one attached hydrogen (secondary N) is 1. The maximum absolute atomic E-state index is 12.4. The van der Waals surface area contributed by atoms with Crippen LogP contribution in [0, 0.1) is 0 Å². The zero-order chi connectivity index (χ0) is 19.4. The first-order chi connectivity index (χ1) is 12.8. The Labute approximate surface area is 193 Å². The number of benzene rings is 2. The lowest BCUT2D eigenvalue weighted by Crippen LogP contribution is -3.00. The Morgan fingerprint density at radius 1 is 1.11 bits per heavy atom. The van der Waals surface area contributed by atoms with Crippen LogP contribution in [-0.4, -0.2) is 43.7 Å². The first kappa shape index (κ1) is 23.4. The van der Waals surface area contributed by atoms with Crippen LogP contribution < -0.4 is 29.3 Å². The highest BCUT2D eigenvalue weighted by Crippen LogP contribution is 2.24. The van der Waals surface area contributed by atoms with Gasteiger partial charge in [-0.25, -0.2) is 0 Å². The van der Waals surface area contributed by atoms with Gasteiger partial charge in [-0.15, -0.1) is 0 Å². The van der Waals surface area contributed by atoms with Gasteiger partial charge >= 0.3 is 0 Å². The van der Waals surface area contributed by atoms with Crippen molar-refractivity contribution in [3.63, 3.8) is 0 Å². The van der Waals surface area contributed by atoms with Crippen LogP contribution in [0.1, 0.15) is 28.8 Å². The molecular formula is C21H25Cl2IN2O2. The SMILES string of the molecule is C[N+](C)(Cc1ccc(NC(=O)c2cc(Cl)ccc2Cl)cc1)C1CCOCC1.[I-]. The summed E-state index contributed by atoms with van der Waals surface area (Å²) in [4.78, 5) is 12.4. The molecule has 1 amide bonds. The number of hydrogen-bond donors (Lipinski definition) is 1.